The standard InChI is InChI=1S/C11H23NO3/c1-5-6-7-8-9-15-10(13)12(14)11(2,3)4/h14H,5-9H2,1-4H3. The van der Waals surface area contributed by atoms with Crippen molar-refractivity contribution in [3.05, 3.63) is 0 Å². The van der Waals surface area contributed by atoms with Gasteiger partial charge in [0.25, 0.3) is 0 Å². The smallest absolute Gasteiger partial charge is 0.434 e. The molecule has 0 atom stereocenters. The van der Waals surface area contributed by atoms with E-state index >= 15 is 0 Å². The van der Waals surface area contributed by atoms with E-state index in [0.717, 1.165) is 25.7 Å². The molecule has 0 rings (SSSR count). The number of amides is 1. The highest BCUT2D eigenvalue weighted by atomic mass is 16.6. The summed E-state index contributed by atoms with van der Waals surface area (Å²) in [6.45, 7) is 7.73. The second-order valence-electron chi connectivity index (χ2n) is 4.66. The maximum Gasteiger partial charge on any atom is 0.434 e. The van der Waals surface area contributed by atoms with Gasteiger partial charge in [0, 0.05) is 0 Å². The van der Waals surface area contributed by atoms with E-state index in [1.54, 1.807) is 20.8 Å². The highest BCUT2D eigenvalue weighted by molar-refractivity contribution is 5.66. The van der Waals surface area contributed by atoms with Gasteiger partial charge in [-0.15, -0.1) is 0 Å². The fourth-order valence-electron chi connectivity index (χ4n) is 1.02. The Morgan fingerprint density at radius 1 is 1.27 bits per heavy atom. The first-order valence-corrected chi connectivity index (χ1v) is 5.55. The van der Waals surface area contributed by atoms with E-state index in [1.165, 1.54) is 0 Å². The van der Waals surface area contributed by atoms with Gasteiger partial charge in [0.1, 0.15) is 0 Å². The van der Waals surface area contributed by atoms with Gasteiger partial charge in [-0.1, -0.05) is 26.2 Å². The van der Waals surface area contributed by atoms with Crippen LogP contribution in [0.1, 0.15) is 53.4 Å². The highest BCUT2D eigenvalue weighted by Crippen LogP contribution is 2.11. The number of ether oxygens (including phenoxy) is 1. The lowest BCUT2D eigenvalue weighted by atomic mass is 10.1. The van der Waals surface area contributed by atoms with Crippen molar-refractivity contribution in [3.63, 3.8) is 0 Å². The summed E-state index contributed by atoms with van der Waals surface area (Å²) >= 11 is 0. The average molecular weight is 217 g/mol. The fraction of sp³-hybridized carbons (Fsp3) is 0.909. The third-order valence-electron chi connectivity index (χ3n) is 2.03. The first kappa shape index (κ1) is 14.2. The van der Waals surface area contributed by atoms with Crippen LogP contribution in [0.25, 0.3) is 0 Å². The molecule has 4 nitrogen and oxygen atoms in total. The number of hydrogen-bond acceptors (Lipinski definition) is 3. The van der Waals surface area contributed by atoms with Crippen LogP contribution in [0.2, 0.25) is 0 Å². The molecule has 15 heavy (non-hydrogen) atoms. The SMILES string of the molecule is CCCCCCOC(=O)N(O)C(C)(C)C. The molecule has 1 amide bonds. The van der Waals surface area contributed by atoms with Gasteiger partial charge in [-0.3, -0.25) is 5.21 Å². The molecule has 0 fully saturated rings. The minimum absolute atomic E-state index is 0.381. The molecule has 0 heterocycles. The Hall–Kier alpha value is -0.770. The van der Waals surface area contributed by atoms with Crippen LogP contribution >= 0.6 is 0 Å². The Balaban J connectivity index is 3.66. The summed E-state index contributed by atoms with van der Waals surface area (Å²) in [4.78, 5) is 11.3. The zero-order valence-electron chi connectivity index (χ0n) is 10.2. The number of hydroxylamine groups is 2. The molecule has 90 valence electrons. The minimum Gasteiger partial charge on any atom is -0.448 e. The summed E-state index contributed by atoms with van der Waals surface area (Å²) in [6, 6.07) is 0. The molecule has 0 saturated heterocycles. The van der Waals surface area contributed by atoms with Crippen molar-refractivity contribution in [3.8, 4) is 0 Å². The largest absolute Gasteiger partial charge is 0.448 e. The number of carbonyl (C=O) groups excluding carboxylic acids is 1. The van der Waals surface area contributed by atoms with Crippen LogP contribution < -0.4 is 0 Å². The van der Waals surface area contributed by atoms with Crippen molar-refractivity contribution in [2.45, 2.75) is 58.9 Å². The van der Waals surface area contributed by atoms with Gasteiger partial charge in [0.2, 0.25) is 0 Å². The first-order valence-electron chi connectivity index (χ1n) is 5.55. The van der Waals surface area contributed by atoms with E-state index in [0.29, 0.717) is 11.7 Å². The van der Waals surface area contributed by atoms with E-state index in [1.807, 2.05) is 0 Å². The maximum atomic E-state index is 11.3. The van der Waals surface area contributed by atoms with Crippen molar-refractivity contribution in [2.24, 2.45) is 0 Å². The van der Waals surface area contributed by atoms with Crippen LogP contribution in [0.5, 0.6) is 0 Å². The molecular formula is C11H23NO3. The summed E-state index contributed by atoms with van der Waals surface area (Å²) in [5, 5.41) is 10.0. The number of unbranched alkanes of at least 4 members (excludes halogenated alkanes) is 3. The van der Waals surface area contributed by atoms with Crippen molar-refractivity contribution < 1.29 is 14.7 Å². The van der Waals surface area contributed by atoms with E-state index < -0.39 is 11.6 Å². The molecule has 0 aromatic rings. The lowest BCUT2D eigenvalue weighted by Gasteiger charge is -2.28. The minimum atomic E-state index is -0.668. The first-order chi connectivity index (χ1) is 6.89. The van der Waals surface area contributed by atoms with Gasteiger partial charge < -0.3 is 4.74 Å². The van der Waals surface area contributed by atoms with Crippen LogP contribution in [0.4, 0.5) is 4.79 Å². The Morgan fingerprint density at radius 2 is 1.87 bits per heavy atom. The third-order valence-corrected chi connectivity index (χ3v) is 2.03. The quantitative estimate of drug-likeness (QED) is 0.437. The van der Waals surface area contributed by atoms with Crippen molar-refractivity contribution >= 4 is 6.09 Å². The topological polar surface area (TPSA) is 49.8 Å². The molecule has 0 radical (unpaired) electrons. The van der Waals surface area contributed by atoms with Crippen LogP contribution in [-0.2, 0) is 4.74 Å². The predicted octanol–water partition coefficient (Wildman–Crippen LogP) is 3.19. The molecule has 0 spiro atoms. The zero-order chi connectivity index (χ0) is 11.9. The number of carbonyl (C=O) groups is 1. The molecule has 0 aromatic heterocycles. The van der Waals surface area contributed by atoms with Gasteiger partial charge in [0.05, 0.1) is 12.1 Å². The summed E-state index contributed by atoms with van der Waals surface area (Å²) in [7, 11) is 0. The zero-order valence-corrected chi connectivity index (χ0v) is 10.2. The van der Waals surface area contributed by atoms with Crippen molar-refractivity contribution in [1.29, 1.82) is 0 Å². The number of hydrogen-bond donors (Lipinski definition) is 1. The molecule has 0 bridgehead atoms. The maximum absolute atomic E-state index is 11.3. The summed E-state index contributed by atoms with van der Waals surface area (Å²) in [5.74, 6) is 0. The second-order valence-corrected chi connectivity index (χ2v) is 4.66. The van der Waals surface area contributed by atoms with Gasteiger partial charge >= 0.3 is 6.09 Å². The van der Waals surface area contributed by atoms with Crippen molar-refractivity contribution in [1.82, 2.24) is 5.06 Å². The lowest BCUT2D eigenvalue weighted by molar-refractivity contribution is -0.130. The van der Waals surface area contributed by atoms with E-state index in [4.69, 9.17) is 4.74 Å². The Morgan fingerprint density at radius 3 is 2.33 bits per heavy atom. The molecule has 0 aromatic carbocycles. The lowest BCUT2D eigenvalue weighted by Crippen LogP contribution is -2.43. The van der Waals surface area contributed by atoms with Crippen LogP contribution in [-0.4, -0.2) is 28.5 Å². The summed E-state index contributed by atoms with van der Waals surface area (Å²) < 4.78 is 4.91. The molecule has 4 heteroatoms. The molecular weight excluding hydrogens is 194 g/mol. The number of rotatable bonds is 5. The van der Waals surface area contributed by atoms with Gasteiger partial charge in [-0.2, -0.15) is 5.06 Å². The molecule has 0 aliphatic rings. The average Bonchev–Trinajstić information content (AvgIpc) is 2.14. The van der Waals surface area contributed by atoms with Crippen LogP contribution in [0.15, 0.2) is 0 Å². The number of nitrogens with zero attached hydrogens (tertiary/aromatic N) is 1. The Kier molecular flexibility index (Phi) is 6.32. The van der Waals surface area contributed by atoms with E-state index in [2.05, 4.69) is 6.92 Å². The molecule has 0 aliphatic heterocycles. The second kappa shape index (κ2) is 6.67. The Labute approximate surface area is 92.2 Å². The monoisotopic (exact) mass is 217 g/mol. The summed E-state index contributed by atoms with van der Waals surface area (Å²) in [5.41, 5.74) is -0.611. The predicted molar refractivity (Wildman–Crippen MR) is 58.9 cm³/mol. The van der Waals surface area contributed by atoms with Gasteiger partial charge in [0.15, 0.2) is 0 Å². The molecule has 1 N–H and O–H groups in total. The highest BCUT2D eigenvalue weighted by Gasteiger charge is 2.25. The summed E-state index contributed by atoms with van der Waals surface area (Å²) in [6.07, 6.45) is 3.56. The van der Waals surface area contributed by atoms with Crippen molar-refractivity contribution in [2.75, 3.05) is 6.61 Å². The normalized spacial score (nSPS) is 11.3. The van der Waals surface area contributed by atoms with Gasteiger partial charge in [-0.25, -0.2) is 4.79 Å². The van der Waals surface area contributed by atoms with E-state index in [-0.39, 0.29) is 0 Å². The van der Waals surface area contributed by atoms with Gasteiger partial charge in [-0.05, 0) is 27.2 Å². The van der Waals surface area contributed by atoms with Crippen LogP contribution in [0.3, 0.4) is 0 Å². The molecule has 0 unspecified atom stereocenters. The van der Waals surface area contributed by atoms with Crippen LogP contribution in [0, 0.1) is 0 Å². The molecule has 0 saturated carbocycles. The van der Waals surface area contributed by atoms with E-state index in [9.17, 15) is 10.0 Å². The Bertz CT molecular complexity index is 187. The molecule has 0 aliphatic carbocycles. The third kappa shape index (κ3) is 6.33. The fourth-order valence-corrected chi connectivity index (χ4v) is 1.02.